The zero-order valence-electron chi connectivity index (χ0n) is 15.1. The number of nitrogens with one attached hydrogen (secondary N) is 1. The highest BCUT2D eigenvalue weighted by atomic mass is 16.3. The highest BCUT2D eigenvalue weighted by Crippen LogP contribution is 2.29. The van der Waals surface area contributed by atoms with Crippen LogP contribution in [0.25, 0.3) is 22.1 Å². The fourth-order valence-electron chi connectivity index (χ4n) is 3.92. The highest BCUT2D eigenvalue weighted by molar-refractivity contribution is 6.01. The molecule has 6 nitrogen and oxygen atoms in total. The molecule has 2 heterocycles. The summed E-state index contributed by atoms with van der Waals surface area (Å²) in [6, 6.07) is 7.58. The average Bonchev–Trinajstić information content (AvgIpc) is 3.01. The third kappa shape index (κ3) is 2.89. The van der Waals surface area contributed by atoms with Crippen LogP contribution in [0.3, 0.4) is 0 Å². The largest absolute Gasteiger partial charge is 0.448 e. The third-order valence-electron chi connectivity index (χ3n) is 5.72. The normalized spacial score (nSPS) is 23.4. The van der Waals surface area contributed by atoms with Crippen LogP contribution in [-0.4, -0.2) is 21.5 Å². The molecule has 136 valence electrons. The van der Waals surface area contributed by atoms with Crippen LogP contribution in [0.15, 0.2) is 39.8 Å². The highest BCUT2D eigenvalue weighted by Gasteiger charge is 2.28. The molecule has 0 spiro atoms. The molecule has 0 aliphatic heterocycles. The van der Waals surface area contributed by atoms with Gasteiger partial charge in [-0.2, -0.15) is 0 Å². The smallest absolute Gasteiger partial charge is 0.297 e. The second kappa shape index (κ2) is 6.59. The molecular formula is C20H23N3O3. The summed E-state index contributed by atoms with van der Waals surface area (Å²) in [5.41, 5.74) is 1.03. The lowest BCUT2D eigenvalue weighted by Crippen LogP contribution is -2.45. The van der Waals surface area contributed by atoms with E-state index in [0.717, 1.165) is 18.2 Å². The van der Waals surface area contributed by atoms with E-state index in [1.807, 2.05) is 18.2 Å². The van der Waals surface area contributed by atoms with Crippen molar-refractivity contribution in [3.63, 3.8) is 0 Å². The minimum absolute atomic E-state index is 0.0452. The lowest BCUT2D eigenvalue weighted by molar-refractivity contribution is -0.123. The van der Waals surface area contributed by atoms with Gasteiger partial charge in [0.1, 0.15) is 17.6 Å². The van der Waals surface area contributed by atoms with E-state index in [1.54, 1.807) is 6.07 Å². The number of para-hydroxylation sites is 1. The number of carbonyl (C=O) groups is 1. The number of amides is 1. The summed E-state index contributed by atoms with van der Waals surface area (Å²) in [6.07, 6.45) is 4.76. The first-order chi connectivity index (χ1) is 12.5. The van der Waals surface area contributed by atoms with Crippen molar-refractivity contribution in [2.24, 2.45) is 11.8 Å². The van der Waals surface area contributed by atoms with Crippen LogP contribution in [0.2, 0.25) is 0 Å². The molecule has 1 N–H and O–H groups in total. The van der Waals surface area contributed by atoms with Gasteiger partial charge in [0.2, 0.25) is 11.5 Å². The van der Waals surface area contributed by atoms with Crippen LogP contribution >= 0.6 is 0 Å². The molecule has 1 aromatic carbocycles. The van der Waals surface area contributed by atoms with Gasteiger partial charge in [0.25, 0.3) is 5.56 Å². The SMILES string of the molecule is CC1CCCC(NC(=O)Cn2cnc3c(oc4ccccc43)c2=O)C1C. The molecule has 6 heteroatoms. The molecule has 1 fully saturated rings. The molecule has 1 saturated carbocycles. The molecule has 0 bridgehead atoms. The van der Waals surface area contributed by atoms with Crippen molar-refractivity contribution >= 4 is 28.0 Å². The van der Waals surface area contributed by atoms with E-state index in [-0.39, 0.29) is 29.6 Å². The van der Waals surface area contributed by atoms with Gasteiger partial charge in [-0.3, -0.25) is 14.2 Å². The Bertz CT molecular complexity index is 1020. The Labute approximate surface area is 151 Å². The quantitative estimate of drug-likeness (QED) is 0.785. The van der Waals surface area contributed by atoms with Gasteiger partial charge in [0.15, 0.2) is 0 Å². The number of rotatable bonds is 3. The van der Waals surface area contributed by atoms with Gasteiger partial charge in [0.05, 0.1) is 6.33 Å². The fraction of sp³-hybridized carbons (Fsp3) is 0.450. The van der Waals surface area contributed by atoms with Crippen LogP contribution in [0.4, 0.5) is 0 Å². The van der Waals surface area contributed by atoms with Crippen LogP contribution in [-0.2, 0) is 11.3 Å². The van der Waals surface area contributed by atoms with Gasteiger partial charge in [-0.15, -0.1) is 0 Å². The Morgan fingerprint density at radius 1 is 1.31 bits per heavy atom. The average molecular weight is 353 g/mol. The number of aromatic nitrogens is 2. The van der Waals surface area contributed by atoms with Crippen LogP contribution in [0.1, 0.15) is 33.1 Å². The summed E-state index contributed by atoms with van der Waals surface area (Å²) in [5, 5.41) is 3.90. The van der Waals surface area contributed by atoms with E-state index in [1.165, 1.54) is 17.3 Å². The molecule has 3 atom stereocenters. The number of benzene rings is 1. The lowest BCUT2D eigenvalue weighted by Gasteiger charge is -2.34. The summed E-state index contributed by atoms with van der Waals surface area (Å²) in [4.78, 5) is 29.5. The number of nitrogens with zero attached hydrogens (tertiary/aromatic N) is 2. The maximum atomic E-state index is 12.7. The number of hydrogen-bond donors (Lipinski definition) is 1. The Morgan fingerprint density at radius 2 is 2.12 bits per heavy atom. The second-order valence-electron chi connectivity index (χ2n) is 7.39. The van der Waals surface area contributed by atoms with Gasteiger partial charge in [-0.1, -0.05) is 38.8 Å². The molecule has 3 unspecified atom stereocenters. The molecule has 2 aromatic heterocycles. The zero-order valence-corrected chi connectivity index (χ0v) is 15.1. The number of fused-ring (bicyclic) bond motifs is 3. The summed E-state index contributed by atoms with van der Waals surface area (Å²) in [5.74, 6) is 0.890. The van der Waals surface area contributed by atoms with Crippen molar-refractivity contribution in [3.05, 3.63) is 40.9 Å². The van der Waals surface area contributed by atoms with Gasteiger partial charge >= 0.3 is 0 Å². The molecule has 1 amide bonds. The molecule has 4 rings (SSSR count). The van der Waals surface area contributed by atoms with E-state index in [2.05, 4.69) is 24.1 Å². The van der Waals surface area contributed by atoms with E-state index >= 15 is 0 Å². The Balaban J connectivity index is 1.57. The predicted octanol–water partition coefficient (Wildman–Crippen LogP) is 3.08. The summed E-state index contributed by atoms with van der Waals surface area (Å²) in [6.45, 7) is 4.37. The molecule has 1 aliphatic carbocycles. The second-order valence-corrected chi connectivity index (χ2v) is 7.39. The molecule has 0 radical (unpaired) electrons. The molecule has 3 aromatic rings. The number of carbonyl (C=O) groups excluding carboxylic acids is 1. The minimum Gasteiger partial charge on any atom is -0.448 e. The van der Waals surface area contributed by atoms with Crippen LogP contribution in [0, 0.1) is 11.8 Å². The third-order valence-corrected chi connectivity index (χ3v) is 5.72. The monoisotopic (exact) mass is 353 g/mol. The van der Waals surface area contributed by atoms with E-state index in [4.69, 9.17) is 4.42 Å². The maximum absolute atomic E-state index is 12.7. The topological polar surface area (TPSA) is 77.1 Å². The van der Waals surface area contributed by atoms with Crippen LogP contribution < -0.4 is 10.9 Å². The van der Waals surface area contributed by atoms with Gasteiger partial charge in [0, 0.05) is 11.4 Å². The van der Waals surface area contributed by atoms with Crippen molar-refractivity contribution in [3.8, 4) is 0 Å². The van der Waals surface area contributed by atoms with Gasteiger partial charge in [-0.05, 0) is 30.4 Å². The van der Waals surface area contributed by atoms with E-state index in [0.29, 0.717) is 22.9 Å². The van der Waals surface area contributed by atoms with Gasteiger partial charge in [-0.25, -0.2) is 4.98 Å². The fourth-order valence-corrected chi connectivity index (χ4v) is 3.92. The standard InChI is InChI=1S/C20H23N3O3/c1-12-6-5-8-15(13(12)2)22-17(24)10-23-11-21-18-14-7-3-4-9-16(14)26-19(18)20(23)25/h3-4,7,9,11-13,15H,5-6,8,10H2,1-2H3,(H,22,24). The first-order valence-corrected chi connectivity index (χ1v) is 9.20. The summed E-state index contributed by atoms with van der Waals surface area (Å²) < 4.78 is 6.98. The first kappa shape index (κ1) is 16.8. The van der Waals surface area contributed by atoms with Crippen molar-refractivity contribution in [1.82, 2.24) is 14.9 Å². The maximum Gasteiger partial charge on any atom is 0.297 e. The van der Waals surface area contributed by atoms with Crippen molar-refractivity contribution < 1.29 is 9.21 Å². The Morgan fingerprint density at radius 3 is 2.96 bits per heavy atom. The van der Waals surface area contributed by atoms with E-state index in [9.17, 15) is 9.59 Å². The molecule has 1 aliphatic rings. The minimum atomic E-state index is -0.327. The van der Waals surface area contributed by atoms with Crippen molar-refractivity contribution in [2.75, 3.05) is 0 Å². The van der Waals surface area contributed by atoms with Crippen LogP contribution in [0.5, 0.6) is 0 Å². The molecular weight excluding hydrogens is 330 g/mol. The summed E-state index contributed by atoms with van der Waals surface area (Å²) in [7, 11) is 0. The van der Waals surface area contributed by atoms with Crippen molar-refractivity contribution in [2.45, 2.75) is 45.7 Å². The number of hydrogen-bond acceptors (Lipinski definition) is 4. The lowest BCUT2D eigenvalue weighted by atomic mass is 9.78. The predicted molar refractivity (Wildman–Crippen MR) is 99.9 cm³/mol. The summed E-state index contributed by atoms with van der Waals surface area (Å²) >= 11 is 0. The Hall–Kier alpha value is -2.63. The van der Waals surface area contributed by atoms with E-state index < -0.39 is 0 Å². The molecule has 0 saturated heterocycles. The zero-order chi connectivity index (χ0) is 18.3. The van der Waals surface area contributed by atoms with Crippen molar-refractivity contribution in [1.29, 1.82) is 0 Å². The first-order valence-electron chi connectivity index (χ1n) is 9.20. The number of furan rings is 1. The Kier molecular flexibility index (Phi) is 4.26. The molecule has 26 heavy (non-hydrogen) atoms. The van der Waals surface area contributed by atoms with Gasteiger partial charge < -0.3 is 9.73 Å².